The Balaban J connectivity index is 2.55. The predicted molar refractivity (Wildman–Crippen MR) is 61.8 cm³/mol. The van der Waals surface area contributed by atoms with Gasteiger partial charge < -0.3 is 5.32 Å². The molecule has 1 atom stereocenters. The van der Waals surface area contributed by atoms with E-state index >= 15 is 0 Å². The molecule has 1 rings (SSSR count). The lowest BCUT2D eigenvalue weighted by molar-refractivity contribution is 0.513. The van der Waals surface area contributed by atoms with Crippen molar-refractivity contribution < 1.29 is 0 Å². The number of hydrogen-bond donors (Lipinski definition) is 1. The first-order valence-corrected chi connectivity index (χ1v) is 5.50. The number of nitrogens with zero attached hydrogens (tertiary/aromatic N) is 1. The van der Waals surface area contributed by atoms with Crippen LogP contribution in [0.15, 0.2) is 24.5 Å². The van der Waals surface area contributed by atoms with Crippen LogP contribution in [0.5, 0.6) is 0 Å². The molecule has 1 aromatic rings. The summed E-state index contributed by atoms with van der Waals surface area (Å²) < 4.78 is 0. The standard InChI is InChI=1S/C11H17ClN2/c1-9(2)11(3-6-12)14-10-4-7-13-8-5-10/h4-5,7-9,11H,3,6H2,1-2H3,(H,13,14). The topological polar surface area (TPSA) is 24.9 Å². The molecule has 0 aliphatic heterocycles. The number of alkyl halides is 1. The molecule has 3 heteroatoms. The Morgan fingerprint density at radius 2 is 2.00 bits per heavy atom. The molecule has 2 nitrogen and oxygen atoms in total. The summed E-state index contributed by atoms with van der Waals surface area (Å²) in [5, 5.41) is 3.45. The number of pyridine rings is 1. The van der Waals surface area contributed by atoms with Crippen molar-refractivity contribution in [2.24, 2.45) is 5.92 Å². The van der Waals surface area contributed by atoms with E-state index in [-0.39, 0.29) is 0 Å². The van der Waals surface area contributed by atoms with E-state index in [4.69, 9.17) is 11.6 Å². The minimum absolute atomic E-state index is 0.440. The maximum atomic E-state index is 5.75. The molecule has 78 valence electrons. The van der Waals surface area contributed by atoms with Crippen molar-refractivity contribution in [3.05, 3.63) is 24.5 Å². The first-order valence-electron chi connectivity index (χ1n) is 4.96. The fourth-order valence-electron chi connectivity index (χ4n) is 1.35. The SMILES string of the molecule is CC(C)C(CCCl)Nc1ccncc1. The first kappa shape index (κ1) is 11.3. The molecule has 0 aliphatic carbocycles. The first-order chi connectivity index (χ1) is 6.74. The summed E-state index contributed by atoms with van der Waals surface area (Å²) in [7, 11) is 0. The van der Waals surface area contributed by atoms with Gasteiger partial charge in [0.25, 0.3) is 0 Å². The molecule has 1 N–H and O–H groups in total. The zero-order valence-corrected chi connectivity index (χ0v) is 9.46. The molecule has 1 unspecified atom stereocenters. The quantitative estimate of drug-likeness (QED) is 0.759. The van der Waals surface area contributed by atoms with E-state index in [2.05, 4.69) is 24.1 Å². The van der Waals surface area contributed by atoms with Crippen molar-refractivity contribution >= 4 is 17.3 Å². The molecule has 0 amide bonds. The molecular weight excluding hydrogens is 196 g/mol. The Kier molecular flexibility index (Phi) is 4.74. The van der Waals surface area contributed by atoms with E-state index in [0.717, 1.165) is 12.1 Å². The van der Waals surface area contributed by atoms with E-state index in [9.17, 15) is 0 Å². The zero-order valence-electron chi connectivity index (χ0n) is 8.70. The second-order valence-electron chi connectivity index (χ2n) is 3.71. The Hall–Kier alpha value is -0.760. The molecule has 0 bridgehead atoms. The van der Waals surface area contributed by atoms with Crippen molar-refractivity contribution in [2.75, 3.05) is 11.2 Å². The number of halogens is 1. The number of aromatic nitrogens is 1. The number of anilines is 1. The van der Waals surface area contributed by atoms with Crippen molar-refractivity contribution in [3.8, 4) is 0 Å². The summed E-state index contributed by atoms with van der Waals surface area (Å²) in [5.41, 5.74) is 1.11. The Bertz CT molecular complexity index is 249. The van der Waals surface area contributed by atoms with Crippen LogP contribution in [0, 0.1) is 5.92 Å². The molecule has 0 fully saturated rings. The fraction of sp³-hybridized carbons (Fsp3) is 0.545. The zero-order chi connectivity index (χ0) is 10.4. The van der Waals surface area contributed by atoms with Gasteiger partial charge in [-0.3, -0.25) is 4.98 Å². The highest BCUT2D eigenvalue weighted by Gasteiger charge is 2.11. The van der Waals surface area contributed by atoms with Gasteiger partial charge in [-0.25, -0.2) is 0 Å². The van der Waals surface area contributed by atoms with Gasteiger partial charge in [0, 0.05) is 30.0 Å². The molecule has 14 heavy (non-hydrogen) atoms. The molecule has 1 heterocycles. The van der Waals surface area contributed by atoms with Gasteiger partial charge in [0.1, 0.15) is 0 Å². The van der Waals surface area contributed by atoms with Crippen molar-refractivity contribution in [1.82, 2.24) is 4.98 Å². The number of hydrogen-bond acceptors (Lipinski definition) is 2. The van der Waals surface area contributed by atoms with Crippen LogP contribution in [-0.4, -0.2) is 16.9 Å². The van der Waals surface area contributed by atoms with Crippen LogP contribution in [0.2, 0.25) is 0 Å². The van der Waals surface area contributed by atoms with Crippen LogP contribution >= 0.6 is 11.6 Å². The van der Waals surface area contributed by atoms with E-state index in [1.165, 1.54) is 0 Å². The summed E-state index contributed by atoms with van der Waals surface area (Å²) in [6.07, 6.45) is 4.57. The van der Waals surface area contributed by atoms with Crippen molar-refractivity contribution in [3.63, 3.8) is 0 Å². The monoisotopic (exact) mass is 212 g/mol. The Morgan fingerprint density at radius 3 is 2.50 bits per heavy atom. The van der Waals surface area contributed by atoms with Crippen molar-refractivity contribution in [2.45, 2.75) is 26.3 Å². The summed E-state index contributed by atoms with van der Waals surface area (Å²) >= 11 is 5.75. The van der Waals surface area contributed by atoms with Crippen LogP contribution in [0.3, 0.4) is 0 Å². The van der Waals surface area contributed by atoms with Gasteiger partial charge in [-0.15, -0.1) is 11.6 Å². The maximum absolute atomic E-state index is 5.75. The van der Waals surface area contributed by atoms with E-state index < -0.39 is 0 Å². The van der Waals surface area contributed by atoms with E-state index in [0.29, 0.717) is 17.8 Å². The smallest absolute Gasteiger partial charge is 0.0373 e. The summed E-state index contributed by atoms with van der Waals surface area (Å²) in [5.74, 6) is 1.28. The van der Waals surface area contributed by atoms with Crippen LogP contribution in [-0.2, 0) is 0 Å². The third kappa shape index (κ3) is 3.54. The Labute approximate surface area is 90.7 Å². The molecule has 0 saturated carbocycles. The highest BCUT2D eigenvalue weighted by atomic mass is 35.5. The normalized spacial score (nSPS) is 12.9. The van der Waals surface area contributed by atoms with E-state index in [1.54, 1.807) is 12.4 Å². The van der Waals surface area contributed by atoms with Gasteiger partial charge in [-0.2, -0.15) is 0 Å². The molecule has 0 aliphatic rings. The minimum atomic E-state index is 0.440. The molecule has 1 aromatic heterocycles. The fourth-order valence-corrected chi connectivity index (χ4v) is 1.59. The van der Waals surface area contributed by atoms with Crippen LogP contribution in [0.4, 0.5) is 5.69 Å². The van der Waals surface area contributed by atoms with Gasteiger partial charge >= 0.3 is 0 Å². The van der Waals surface area contributed by atoms with Gasteiger partial charge in [0.15, 0.2) is 0 Å². The third-order valence-electron chi connectivity index (χ3n) is 2.26. The average molecular weight is 213 g/mol. The van der Waals surface area contributed by atoms with Crippen LogP contribution < -0.4 is 5.32 Å². The van der Waals surface area contributed by atoms with Gasteiger partial charge in [-0.1, -0.05) is 13.8 Å². The lowest BCUT2D eigenvalue weighted by Crippen LogP contribution is -2.26. The second-order valence-corrected chi connectivity index (χ2v) is 4.09. The molecule has 0 radical (unpaired) electrons. The Morgan fingerprint density at radius 1 is 1.36 bits per heavy atom. The molecule has 0 aromatic carbocycles. The summed E-state index contributed by atoms with van der Waals surface area (Å²) in [6, 6.07) is 4.39. The number of nitrogens with one attached hydrogen (secondary N) is 1. The lowest BCUT2D eigenvalue weighted by Gasteiger charge is -2.22. The van der Waals surface area contributed by atoms with Crippen molar-refractivity contribution in [1.29, 1.82) is 0 Å². The molecular formula is C11H17ClN2. The number of rotatable bonds is 5. The van der Waals surface area contributed by atoms with Crippen LogP contribution in [0.1, 0.15) is 20.3 Å². The van der Waals surface area contributed by atoms with E-state index in [1.807, 2.05) is 12.1 Å². The molecule has 0 spiro atoms. The average Bonchev–Trinajstić information content (AvgIpc) is 2.18. The second kappa shape index (κ2) is 5.86. The van der Waals surface area contributed by atoms with Gasteiger partial charge in [0.05, 0.1) is 0 Å². The summed E-state index contributed by atoms with van der Waals surface area (Å²) in [4.78, 5) is 3.98. The largest absolute Gasteiger partial charge is 0.382 e. The third-order valence-corrected chi connectivity index (χ3v) is 2.48. The van der Waals surface area contributed by atoms with Gasteiger partial charge in [0.2, 0.25) is 0 Å². The van der Waals surface area contributed by atoms with Crippen LogP contribution in [0.25, 0.3) is 0 Å². The lowest BCUT2D eigenvalue weighted by atomic mass is 10.0. The summed E-state index contributed by atoms with van der Waals surface area (Å²) in [6.45, 7) is 4.40. The molecule has 0 saturated heterocycles. The highest BCUT2D eigenvalue weighted by Crippen LogP contribution is 2.14. The highest BCUT2D eigenvalue weighted by molar-refractivity contribution is 6.17. The van der Waals surface area contributed by atoms with Gasteiger partial charge in [-0.05, 0) is 24.5 Å². The predicted octanol–water partition coefficient (Wildman–Crippen LogP) is 3.15. The minimum Gasteiger partial charge on any atom is -0.382 e. The maximum Gasteiger partial charge on any atom is 0.0373 e.